The van der Waals surface area contributed by atoms with Crippen molar-refractivity contribution in [3.63, 3.8) is 0 Å². The van der Waals surface area contributed by atoms with E-state index in [0.29, 0.717) is 5.92 Å². The van der Waals surface area contributed by atoms with Crippen LogP contribution in [0.3, 0.4) is 0 Å². The van der Waals surface area contributed by atoms with Crippen molar-refractivity contribution < 1.29 is 4.42 Å². The molecule has 1 saturated carbocycles. The molecule has 0 radical (unpaired) electrons. The number of aromatic nitrogens is 2. The van der Waals surface area contributed by atoms with Crippen LogP contribution in [0.15, 0.2) is 46.3 Å². The van der Waals surface area contributed by atoms with Crippen LogP contribution in [0.5, 0.6) is 0 Å². The van der Waals surface area contributed by atoms with Crippen molar-refractivity contribution in [2.45, 2.75) is 44.4 Å². The molecule has 0 unspecified atom stereocenters. The fraction of sp³-hybridized carbons (Fsp3) is 0.444. The molecule has 4 nitrogen and oxygen atoms in total. The second-order valence-corrected chi connectivity index (χ2v) is 6.47. The SMILES string of the molecule is Brc1cccc(NCCCCCc2nnc(C3CC3)o2)c1.C=C. The van der Waals surface area contributed by atoms with Crippen LogP contribution in [0.25, 0.3) is 0 Å². The largest absolute Gasteiger partial charge is 0.425 e. The lowest BCUT2D eigenvalue weighted by atomic mass is 10.2. The third-order valence-corrected chi connectivity index (χ3v) is 4.12. The summed E-state index contributed by atoms with van der Waals surface area (Å²) in [7, 11) is 0. The quantitative estimate of drug-likeness (QED) is 0.498. The first-order chi connectivity index (χ1) is 11.3. The van der Waals surface area contributed by atoms with Gasteiger partial charge in [0.2, 0.25) is 11.8 Å². The van der Waals surface area contributed by atoms with Crippen molar-refractivity contribution >= 4 is 21.6 Å². The van der Waals surface area contributed by atoms with E-state index in [1.54, 1.807) is 0 Å². The number of anilines is 1. The molecule has 0 atom stereocenters. The topological polar surface area (TPSA) is 51.0 Å². The molecule has 0 spiro atoms. The van der Waals surface area contributed by atoms with Crippen LogP contribution < -0.4 is 5.32 Å². The Hall–Kier alpha value is -1.62. The summed E-state index contributed by atoms with van der Waals surface area (Å²) >= 11 is 3.48. The second-order valence-electron chi connectivity index (χ2n) is 5.56. The summed E-state index contributed by atoms with van der Waals surface area (Å²) in [5.41, 5.74) is 1.16. The average molecular weight is 378 g/mol. The van der Waals surface area contributed by atoms with Gasteiger partial charge in [0.05, 0.1) is 0 Å². The molecular weight excluding hydrogens is 354 g/mol. The molecule has 5 heteroatoms. The standard InChI is InChI=1S/C16H20BrN3O.C2H4/c17-13-5-4-6-14(11-13)18-10-3-1-2-7-15-19-20-16(21-15)12-8-9-12;1-2/h4-6,11-12,18H,1-3,7-10H2;1-2H2. The highest BCUT2D eigenvalue weighted by atomic mass is 79.9. The first-order valence-electron chi connectivity index (χ1n) is 8.13. The number of hydrogen-bond acceptors (Lipinski definition) is 4. The first kappa shape index (κ1) is 17.7. The number of benzene rings is 1. The third kappa shape index (κ3) is 6.18. The van der Waals surface area contributed by atoms with Crippen molar-refractivity contribution in [3.8, 4) is 0 Å². The Kier molecular flexibility index (Phi) is 7.33. The lowest BCUT2D eigenvalue weighted by Crippen LogP contribution is -2.01. The van der Waals surface area contributed by atoms with Crippen molar-refractivity contribution in [2.75, 3.05) is 11.9 Å². The van der Waals surface area contributed by atoms with E-state index in [1.165, 1.54) is 19.3 Å². The van der Waals surface area contributed by atoms with Gasteiger partial charge in [0.15, 0.2) is 0 Å². The lowest BCUT2D eigenvalue weighted by molar-refractivity contribution is 0.442. The molecule has 23 heavy (non-hydrogen) atoms. The minimum absolute atomic E-state index is 0.556. The van der Waals surface area contributed by atoms with E-state index in [4.69, 9.17) is 4.42 Å². The van der Waals surface area contributed by atoms with Crippen LogP contribution in [0, 0.1) is 0 Å². The van der Waals surface area contributed by atoms with E-state index >= 15 is 0 Å². The Morgan fingerprint density at radius 3 is 2.74 bits per heavy atom. The van der Waals surface area contributed by atoms with Crippen LogP contribution >= 0.6 is 15.9 Å². The number of nitrogens with one attached hydrogen (secondary N) is 1. The fourth-order valence-electron chi connectivity index (χ4n) is 2.27. The molecule has 1 aliphatic carbocycles. The molecule has 0 saturated heterocycles. The molecule has 124 valence electrons. The number of hydrogen-bond donors (Lipinski definition) is 1. The number of aryl methyl sites for hydroxylation is 1. The summed E-state index contributed by atoms with van der Waals surface area (Å²) in [5.74, 6) is 2.21. The normalized spacial score (nSPS) is 13.3. The van der Waals surface area contributed by atoms with Gasteiger partial charge in [0.25, 0.3) is 0 Å². The molecule has 2 aromatic rings. The van der Waals surface area contributed by atoms with Crippen LogP contribution in [0.1, 0.15) is 49.8 Å². The molecule has 1 fully saturated rings. The maximum Gasteiger partial charge on any atom is 0.219 e. The minimum Gasteiger partial charge on any atom is -0.425 e. The summed E-state index contributed by atoms with van der Waals surface area (Å²) in [6.45, 7) is 6.99. The Morgan fingerprint density at radius 2 is 2.00 bits per heavy atom. The Balaban J connectivity index is 0.000000924. The molecule has 0 amide bonds. The number of unbranched alkanes of at least 4 members (excludes halogenated alkanes) is 2. The Morgan fingerprint density at radius 1 is 1.17 bits per heavy atom. The highest BCUT2D eigenvalue weighted by molar-refractivity contribution is 9.10. The molecule has 1 aromatic heterocycles. The van der Waals surface area contributed by atoms with Crippen LogP contribution in [-0.4, -0.2) is 16.7 Å². The van der Waals surface area contributed by atoms with E-state index < -0.39 is 0 Å². The van der Waals surface area contributed by atoms with Gasteiger partial charge in [-0.3, -0.25) is 0 Å². The van der Waals surface area contributed by atoms with E-state index in [1.807, 2.05) is 12.1 Å². The van der Waals surface area contributed by atoms with Crippen molar-refractivity contribution in [1.82, 2.24) is 10.2 Å². The van der Waals surface area contributed by atoms with Gasteiger partial charge in [0, 0.05) is 29.0 Å². The molecule has 0 bridgehead atoms. The summed E-state index contributed by atoms with van der Waals surface area (Å²) < 4.78 is 6.76. The molecular formula is C18H24BrN3O. The molecule has 1 aliphatic rings. The highest BCUT2D eigenvalue weighted by Crippen LogP contribution is 2.39. The van der Waals surface area contributed by atoms with Crippen LogP contribution in [-0.2, 0) is 6.42 Å². The molecule has 0 aliphatic heterocycles. The fourth-order valence-corrected chi connectivity index (χ4v) is 2.67. The van der Waals surface area contributed by atoms with E-state index in [-0.39, 0.29) is 0 Å². The first-order valence-corrected chi connectivity index (χ1v) is 8.92. The Labute approximate surface area is 146 Å². The third-order valence-electron chi connectivity index (χ3n) is 3.63. The predicted molar refractivity (Wildman–Crippen MR) is 97.7 cm³/mol. The molecule has 1 aromatic carbocycles. The van der Waals surface area contributed by atoms with Gasteiger partial charge >= 0.3 is 0 Å². The molecule has 3 rings (SSSR count). The van der Waals surface area contributed by atoms with Crippen LogP contribution in [0.4, 0.5) is 5.69 Å². The number of nitrogens with zero attached hydrogens (tertiary/aromatic N) is 2. The van der Waals surface area contributed by atoms with Gasteiger partial charge in [0.1, 0.15) is 0 Å². The van der Waals surface area contributed by atoms with E-state index in [9.17, 15) is 0 Å². The van der Waals surface area contributed by atoms with Gasteiger partial charge in [-0.05, 0) is 43.9 Å². The van der Waals surface area contributed by atoms with Gasteiger partial charge in [-0.25, -0.2) is 0 Å². The molecule has 1 heterocycles. The van der Waals surface area contributed by atoms with Crippen molar-refractivity contribution in [3.05, 3.63) is 53.7 Å². The van der Waals surface area contributed by atoms with Gasteiger partial charge < -0.3 is 9.73 Å². The van der Waals surface area contributed by atoms with Gasteiger partial charge in [-0.15, -0.1) is 23.4 Å². The zero-order valence-electron chi connectivity index (χ0n) is 13.4. The minimum atomic E-state index is 0.556. The van der Waals surface area contributed by atoms with Gasteiger partial charge in [-0.1, -0.05) is 28.4 Å². The second kappa shape index (κ2) is 9.50. The zero-order valence-corrected chi connectivity index (χ0v) is 15.0. The van der Waals surface area contributed by atoms with E-state index in [2.05, 4.69) is 56.7 Å². The summed E-state index contributed by atoms with van der Waals surface area (Å²) in [4.78, 5) is 0. The van der Waals surface area contributed by atoms with E-state index in [0.717, 1.165) is 47.7 Å². The summed E-state index contributed by atoms with van der Waals surface area (Å²) in [6.07, 6.45) is 6.74. The maximum atomic E-state index is 5.65. The summed E-state index contributed by atoms with van der Waals surface area (Å²) in [6, 6.07) is 8.26. The smallest absolute Gasteiger partial charge is 0.219 e. The van der Waals surface area contributed by atoms with Crippen LogP contribution in [0.2, 0.25) is 0 Å². The predicted octanol–water partition coefficient (Wildman–Crippen LogP) is 5.34. The van der Waals surface area contributed by atoms with Crippen molar-refractivity contribution in [1.29, 1.82) is 0 Å². The molecule has 1 N–H and O–H groups in total. The average Bonchev–Trinajstić information content (AvgIpc) is 3.32. The Bertz CT molecular complexity index is 595. The number of halogens is 1. The zero-order chi connectivity index (χ0) is 16.5. The summed E-state index contributed by atoms with van der Waals surface area (Å²) in [5, 5.41) is 11.7. The maximum absolute atomic E-state index is 5.65. The highest BCUT2D eigenvalue weighted by Gasteiger charge is 2.29. The number of rotatable bonds is 8. The van der Waals surface area contributed by atoms with Crippen molar-refractivity contribution in [2.24, 2.45) is 0 Å². The lowest BCUT2D eigenvalue weighted by Gasteiger charge is -2.06. The van der Waals surface area contributed by atoms with Gasteiger partial charge in [-0.2, -0.15) is 0 Å². The monoisotopic (exact) mass is 377 g/mol.